The SMILES string of the molecule is CC(C(=O)NC1(C#N)CCCCC1)N1CCC(NC(=O)c2ccccc2)CC1. The van der Waals surface area contributed by atoms with Crippen molar-refractivity contribution in [3.63, 3.8) is 0 Å². The molecule has 6 heteroatoms. The van der Waals surface area contributed by atoms with Gasteiger partial charge in [0, 0.05) is 24.7 Å². The molecule has 2 N–H and O–H groups in total. The van der Waals surface area contributed by atoms with Gasteiger partial charge in [-0.3, -0.25) is 14.5 Å². The van der Waals surface area contributed by atoms with Crippen molar-refractivity contribution in [1.82, 2.24) is 15.5 Å². The van der Waals surface area contributed by atoms with E-state index in [0.29, 0.717) is 5.56 Å². The lowest BCUT2D eigenvalue weighted by Gasteiger charge is -2.38. The van der Waals surface area contributed by atoms with Crippen LogP contribution in [0.15, 0.2) is 30.3 Å². The van der Waals surface area contributed by atoms with Gasteiger partial charge in [-0.15, -0.1) is 0 Å². The quantitative estimate of drug-likeness (QED) is 0.820. The summed E-state index contributed by atoms with van der Waals surface area (Å²) in [6.45, 7) is 3.42. The molecule has 1 unspecified atom stereocenters. The third-order valence-corrected chi connectivity index (χ3v) is 6.11. The molecule has 1 atom stereocenters. The van der Waals surface area contributed by atoms with Gasteiger partial charge in [-0.25, -0.2) is 0 Å². The zero-order valence-electron chi connectivity index (χ0n) is 16.6. The lowest BCUT2D eigenvalue weighted by Crippen LogP contribution is -2.56. The van der Waals surface area contributed by atoms with Gasteiger partial charge in [-0.05, 0) is 44.7 Å². The molecular weight excluding hydrogens is 352 g/mol. The van der Waals surface area contributed by atoms with Crippen molar-refractivity contribution in [2.45, 2.75) is 69.5 Å². The first-order valence-electron chi connectivity index (χ1n) is 10.4. The van der Waals surface area contributed by atoms with E-state index in [2.05, 4.69) is 21.6 Å². The van der Waals surface area contributed by atoms with Crippen molar-refractivity contribution in [1.29, 1.82) is 5.26 Å². The summed E-state index contributed by atoms with van der Waals surface area (Å²) in [4.78, 5) is 27.2. The minimum atomic E-state index is -0.689. The number of carbonyl (C=O) groups excluding carboxylic acids is 2. The molecule has 1 aromatic carbocycles. The molecule has 1 aliphatic carbocycles. The molecule has 1 saturated heterocycles. The van der Waals surface area contributed by atoms with Gasteiger partial charge in [-0.2, -0.15) is 5.26 Å². The van der Waals surface area contributed by atoms with Crippen LogP contribution in [-0.2, 0) is 4.79 Å². The van der Waals surface area contributed by atoms with Gasteiger partial charge in [0.1, 0.15) is 5.54 Å². The van der Waals surface area contributed by atoms with Crippen LogP contribution in [0.3, 0.4) is 0 Å². The zero-order valence-corrected chi connectivity index (χ0v) is 16.6. The summed E-state index contributed by atoms with van der Waals surface area (Å²) >= 11 is 0. The van der Waals surface area contributed by atoms with E-state index in [1.807, 2.05) is 37.3 Å². The van der Waals surface area contributed by atoms with E-state index < -0.39 is 5.54 Å². The van der Waals surface area contributed by atoms with Crippen molar-refractivity contribution >= 4 is 11.8 Å². The highest BCUT2D eigenvalue weighted by Crippen LogP contribution is 2.28. The third kappa shape index (κ3) is 4.90. The molecule has 2 fully saturated rings. The van der Waals surface area contributed by atoms with Crippen LogP contribution in [0.2, 0.25) is 0 Å². The minimum absolute atomic E-state index is 0.0434. The molecule has 28 heavy (non-hydrogen) atoms. The van der Waals surface area contributed by atoms with Gasteiger partial charge >= 0.3 is 0 Å². The van der Waals surface area contributed by atoms with Crippen LogP contribution in [-0.4, -0.2) is 47.4 Å². The van der Waals surface area contributed by atoms with E-state index in [4.69, 9.17) is 0 Å². The lowest BCUT2D eigenvalue weighted by molar-refractivity contribution is -0.128. The average molecular weight is 383 g/mol. The second-order valence-corrected chi connectivity index (χ2v) is 8.07. The van der Waals surface area contributed by atoms with Crippen LogP contribution in [0, 0.1) is 11.3 Å². The van der Waals surface area contributed by atoms with Crippen LogP contribution in [0.25, 0.3) is 0 Å². The Kier molecular flexibility index (Phi) is 6.69. The molecule has 150 valence electrons. The second kappa shape index (κ2) is 9.20. The summed E-state index contributed by atoms with van der Waals surface area (Å²) in [6, 6.07) is 11.5. The Labute approximate surface area is 167 Å². The van der Waals surface area contributed by atoms with E-state index in [1.54, 1.807) is 0 Å². The number of hydrogen-bond donors (Lipinski definition) is 2. The molecule has 1 aliphatic heterocycles. The van der Waals surface area contributed by atoms with E-state index in [9.17, 15) is 14.9 Å². The Balaban J connectivity index is 1.48. The fourth-order valence-electron chi connectivity index (χ4n) is 4.22. The largest absolute Gasteiger partial charge is 0.349 e. The van der Waals surface area contributed by atoms with E-state index in [-0.39, 0.29) is 23.9 Å². The summed E-state index contributed by atoms with van der Waals surface area (Å²) in [7, 11) is 0. The molecule has 2 aliphatic rings. The normalized spacial score (nSPS) is 21.3. The smallest absolute Gasteiger partial charge is 0.251 e. The molecule has 1 heterocycles. The van der Waals surface area contributed by atoms with Crippen molar-refractivity contribution in [2.24, 2.45) is 0 Å². The molecular formula is C22H30N4O2. The first-order valence-corrected chi connectivity index (χ1v) is 10.4. The molecule has 6 nitrogen and oxygen atoms in total. The summed E-state index contributed by atoms with van der Waals surface area (Å²) in [5.41, 5.74) is -0.0158. The van der Waals surface area contributed by atoms with Crippen molar-refractivity contribution in [3.05, 3.63) is 35.9 Å². The number of amides is 2. The van der Waals surface area contributed by atoms with Gasteiger partial charge in [0.25, 0.3) is 5.91 Å². The lowest BCUT2D eigenvalue weighted by atomic mass is 9.82. The number of hydrogen-bond acceptors (Lipinski definition) is 4. The maximum atomic E-state index is 12.7. The molecule has 1 saturated carbocycles. The van der Waals surface area contributed by atoms with Crippen molar-refractivity contribution in [2.75, 3.05) is 13.1 Å². The predicted octanol–water partition coefficient (Wildman–Crippen LogP) is 2.61. The molecule has 1 aromatic rings. The van der Waals surface area contributed by atoms with Gasteiger partial charge < -0.3 is 10.6 Å². The monoisotopic (exact) mass is 382 g/mol. The van der Waals surface area contributed by atoms with Crippen LogP contribution < -0.4 is 10.6 Å². The number of likely N-dealkylation sites (tertiary alicyclic amines) is 1. The standard InChI is InChI=1S/C22H30N4O2/c1-17(20(27)25-22(16-23)12-6-3-7-13-22)26-14-10-19(11-15-26)24-21(28)18-8-4-2-5-9-18/h2,4-5,8-9,17,19H,3,6-7,10-15H2,1H3,(H,24,28)(H,25,27). The Bertz CT molecular complexity index is 714. The highest BCUT2D eigenvalue weighted by atomic mass is 16.2. The number of rotatable bonds is 5. The Morgan fingerprint density at radius 2 is 1.79 bits per heavy atom. The molecule has 3 rings (SSSR count). The number of piperidine rings is 1. The number of carbonyl (C=O) groups is 2. The fraction of sp³-hybridized carbons (Fsp3) is 0.591. The summed E-state index contributed by atoms with van der Waals surface area (Å²) in [5.74, 6) is -0.103. The Morgan fingerprint density at radius 1 is 1.14 bits per heavy atom. The summed E-state index contributed by atoms with van der Waals surface area (Å²) in [6.07, 6.45) is 6.25. The first-order chi connectivity index (χ1) is 13.5. The Morgan fingerprint density at radius 3 is 2.39 bits per heavy atom. The number of nitrogens with one attached hydrogen (secondary N) is 2. The topological polar surface area (TPSA) is 85.2 Å². The molecule has 2 amide bonds. The van der Waals surface area contributed by atoms with Crippen LogP contribution in [0.5, 0.6) is 0 Å². The Hall–Kier alpha value is -2.39. The summed E-state index contributed by atoms with van der Waals surface area (Å²) in [5, 5.41) is 15.7. The maximum absolute atomic E-state index is 12.7. The first kappa shape index (κ1) is 20.3. The molecule has 0 radical (unpaired) electrons. The number of nitriles is 1. The maximum Gasteiger partial charge on any atom is 0.251 e. The zero-order chi connectivity index (χ0) is 20.0. The average Bonchev–Trinajstić information content (AvgIpc) is 2.75. The predicted molar refractivity (Wildman–Crippen MR) is 108 cm³/mol. The molecule has 0 aromatic heterocycles. The van der Waals surface area contributed by atoms with Gasteiger partial charge in [-0.1, -0.05) is 37.5 Å². The molecule has 0 spiro atoms. The summed E-state index contributed by atoms with van der Waals surface area (Å²) < 4.78 is 0. The van der Waals surface area contributed by atoms with Crippen molar-refractivity contribution < 1.29 is 9.59 Å². The van der Waals surface area contributed by atoms with Crippen LogP contribution in [0.1, 0.15) is 62.2 Å². The van der Waals surface area contributed by atoms with Crippen LogP contribution in [0.4, 0.5) is 0 Å². The van der Waals surface area contributed by atoms with E-state index in [1.165, 1.54) is 0 Å². The second-order valence-electron chi connectivity index (χ2n) is 8.07. The highest BCUT2D eigenvalue weighted by Gasteiger charge is 2.36. The number of nitrogens with zero attached hydrogens (tertiary/aromatic N) is 2. The highest BCUT2D eigenvalue weighted by molar-refractivity contribution is 5.94. The van der Waals surface area contributed by atoms with Gasteiger partial charge in [0.15, 0.2) is 0 Å². The number of benzene rings is 1. The van der Waals surface area contributed by atoms with Crippen molar-refractivity contribution in [3.8, 4) is 6.07 Å². The van der Waals surface area contributed by atoms with Gasteiger partial charge in [0.05, 0.1) is 12.1 Å². The van der Waals surface area contributed by atoms with E-state index in [0.717, 1.165) is 58.0 Å². The molecule has 0 bridgehead atoms. The minimum Gasteiger partial charge on any atom is -0.349 e. The van der Waals surface area contributed by atoms with Crippen LogP contribution >= 0.6 is 0 Å². The van der Waals surface area contributed by atoms with E-state index >= 15 is 0 Å². The fourth-order valence-corrected chi connectivity index (χ4v) is 4.22. The third-order valence-electron chi connectivity index (χ3n) is 6.11. The van der Waals surface area contributed by atoms with Gasteiger partial charge in [0.2, 0.25) is 5.91 Å².